The maximum atomic E-state index is 5.74. The minimum Gasteiger partial charge on any atom is -0.491 e. The Bertz CT molecular complexity index is 781. The van der Waals surface area contributed by atoms with E-state index in [9.17, 15) is 0 Å². The van der Waals surface area contributed by atoms with Crippen molar-refractivity contribution in [3.63, 3.8) is 0 Å². The van der Waals surface area contributed by atoms with Gasteiger partial charge < -0.3 is 24.7 Å². The molecule has 1 aromatic heterocycles. The second-order valence-electron chi connectivity index (χ2n) is 8.45. The van der Waals surface area contributed by atoms with Crippen molar-refractivity contribution in [1.82, 2.24) is 15.1 Å². The quantitative estimate of drug-likeness (QED) is 0.473. The second kappa shape index (κ2) is 11.8. The van der Waals surface area contributed by atoms with Crippen LogP contribution in [0.1, 0.15) is 26.5 Å². The minimum atomic E-state index is 0.162. The summed E-state index contributed by atoms with van der Waals surface area (Å²) in [7, 11) is 2.18. The molecule has 1 aliphatic heterocycles. The molecular formula is C24H37N5O2. The molecule has 1 unspecified atom stereocenters. The highest BCUT2D eigenvalue weighted by Crippen LogP contribution is 2.17. The van der Waals surface area contributed by atoms with E-state index in [0.29, 0.717) is 6.04 Å². The zero-order valence-corrected chi connectivity index (χ0v) is 19.3. The Balaban J connectivity index is 1.59. The summed E-state index contributed by atoms with van der Waals surface area (Å²) in [6, 6.07) is 12.3. The van der Waals surface area contributed by atoms with Crippen LogP contribution in [0.15, 0.2) is 52.1 Å². The highest BCUT2D eigenvalue weighted by molar-refractivity contribution is 5.93. The molecule has 31 heavy (non-hydrogen) atoms. The average molecular weight is 428 g/mol. The van der Waals surface area contributed by atoms with Gasteiger partial charge in [-0.15, -0.1) is 0 Å². The third kappa shape index (κ3) is 7.92. The van der Waals surface area contributed by atoms with Gasteiger partial charge in [0.05, 0.1) is 18.9 Å². The van der Waals surface area contributed by atoms with Crippen LogP contribution in [0.4, 0.5) is 5.69 Å². The molecule has 0 spiro atoms. The lowest BCUT2D eigenvalue weighted by Gasteiger charge is -2.35. The third-order valence-electron chi connectivity index (χ3n) is 5.41. The first kappa shape index (κ1) is 23.2. The maximum absolute atomic E-state index is 5.74. The molecule has 0 saturated carbocycles. The predicted octanol–water partition coefficient (Wildman–Crippen LogP) is 3.30. The van der Waals surface area contributed by atoms with Gasteiger partial charge in [0.25, 0.3) is 0 Å². The Morgan fingerprint density at radius 3 is 2.48 bits per heavy atom. The summed E-state index contributed by atoms with van der Waals surface area (Å²) in [6.07, 6.45) is 2.68. The van der Waals surface area contributed by atoms with E-state index in [1.807, 2.05) is 50.2 Å². The number of hydrogen-bond acceptors (Lipinski definition) is 5. The number of furan rings is 1. The van der Waals surface area contributed by atoms with Crippen LogP contribution in [0.5, 0.6) is 5.75 Å². The van der Waals surface area contributed by atoms with Gasteiger partial charge in [0.2, 0.25) is 0 Å². The third-order valence-corrected chi connectivity index (χ3v) is 5.41. The molecule has 1 aliphatic rings. The number of nitrogens with zero attached hydrogens (tertiary/aromatic N) is 3. The van der Waals surface area contributed by atoms with Gasteiger partial charge in [0.1, 0.15) is 11.5 Å². The second-order valence-corrected chi connectivity index (χ2v) is 8.45. The van der Waals surface area contributed by atoms with E-state index >= 15 is 0 Å². The summed E-state index contributed by atoms with van der Waals surface area (Å²) in [5.74, 6) is 2.62. The smallest absolute Gasteiger partial charge is 0.195 e. The van der Waals surface area contributed by atoms with Crippen LogP contribution in [0.2, 0.25) is 0 Å². The summed E-state index contributed by atoms with van der Waals surface area (Å²) < 4.78 is 11.2. The van der Waals surface area contributed by atoms with Crippen molar-refractivity contribution >= 4 is 11.6 Å². The number of likely N-dealkylation sites (N-methyl/N-ethyl adjacent to an activating group) is 1. The molecule has 1 fully saturated rings. The average Bonchev–Trinajstić information content (AvgIpc) is 3.26. The van der Waals surface area contributed by atoms with Crippen molar-refractivity contribution in [3.05, 3.63) is 48.4 Å². The molecule has 0 bridgehead atoms. The summed E-state index contributed by atoms with van der Waals surface area (Å²) in [4.78, 5) is 9.77. The zero-order chi connectivity index (χ0) is 22.1. The molecule has 0 amide bonds. The normalized spacial score (nSPS) is 17.0. The molecule has 2 aromatic rings. The fourth-order valence-corrected chi connectivity index (χ4v) is 3.53. The fourth-order valence-electron chi connectivity index (χ4n) is 3.53. The van der Waals surface area contributed by atoms with Crippen LogP contribution in [0.25, 0.3) is 0 Å². The SMILES string of the molecule is CC(C)Oc1ccc(NC(=NCC(C)N2CCN(C)CC2)NCCc2ccco2)cc1. The number of benzene rings is 1. The number of guanidine groups is 1. The number of anilines is 1. The van der Waals surface area contributed by atoms with E-state index in [1.54, 1.807) is 6.26 Å². The standard InChI is InChI=1S/C24H37N5O2/c1-19(2)31-23-9-7-21(8-10-23)27-24(25-12-11-22-6-5-17-30-22)26-18-20(3)29-15-13-28(4)14-16-29/h5-10,17,19-20H,11-16,18H2,1-4H3,(H2,25,26,27). The fraction of sp³-hybridized carbons (Fsp3) is 0.542. The summed E-state index contributed by atoms with van der Waals surface area (Å²) in [5, 5.41) is 6.87. The van der Waals surface area contributed by atoms with Gasteiger partial charge in [-0.25, -0.2) is 0 Å². The lowest BCUT2D eigenvalue weighted by atomic mass is 10.2. The van der Waals surface area contributed by atoms with Crippen molar-refractivity contribution in [2.75, 3.05) is 51.6 Å². The first-order chi connectivity index (χ1) is 15.0. The first-order valence-corrected chi connectivity index (χ1v) is 11.3. The monoisotopic (exact) mass is 427 g/mol. The Kier molecular flexibility index (Phi) is 8.79. The maximum Gasteiger partial charge on any atom is 0.195 e. The number of nitrogens with one attached hydrogen (secondary N) is 2. The highest BCUT2D eigenvalue weighted by Gasteiger charge is 2.18. The first-order valence-electron chi connectivity index (χ1n) is 11.3. The number of rotatable bonds is 9. The topological polar surface area (TPSA) is 65.3 Å². The number of hydrogen-bond donors (Lipinski definition) is 2. The Morgan fingerprint density at radius 2 is 1.84 bits per heavy atom. The summed E-state index contributed by atoms with van der Waals surface area (Å²) >= 11 is 0. The number of ether oxygens (including phenoxy) is 1. The van der Waals surface area contributed by atoms with Gasteiger partial charge in [-0.3, -0.25) is 9.89 Å². The van der Waals surface area contributed by atoms with Crippen molar-refractivity contribution in [3.8, 4) is 5.75 Å². The number of aliphatic imine (C=N–C) groups is 1. The van der Waals surface area contributed by atoms with E-state index < -0.39 is 0 Å². The molecule has 0 radical (unpaired) electrons. The van der Waals surface area contributed by atoms with E-state index in [0.717, 1.165) is 68.8 Å². The highest BCUT2D eigenvalue weighted by atomic mass is 16.5. The summed E-state index contributed by atoms with van der Waals surface area (Å²) in [5.41, 5.74) is 0.979. The van der Waals surface area contributed by atoms with Gasteiger partial charge in [0.15, 0.2) is 5.96 Å². The van der Waals surface area contributed by atoms with E-state index in [2.05, 4.69) is 34.4 Å². The molecule has 2 N–H and O–H groups in total. The molecule has 1 atom stereocenters. The van der Waals surface area contributed by atoms with Crippen molar-refractivity contribution < 1.29 is 9.15 Å². The molecular weight excluding hydrogens is 390 g/mol. The lowest BCUT2D eigenvalue weighted by Crippen LogP contribution is -2.49. The predicted molar refractivity (Wildman–Crippen MR) is 127 cm³/mol. The van der Waals surface area contributed by atoms with Gasteiger partial charge in [-0.05, 0) is 64.2 Å². The largest absolute Gasteiger partial charge is 0.491 e. The van der Waals surface area contributed by atoms with Crippen LogP contribution in [0.3, 0.4) is 0 Å². The molecule has 2 heterocycles. The van der Waals surface area contributed by atoms with Crippen molar-refractivity contribution in [1.29, 1.82) is 0 Å². The Labute approximate surface area is 186 Å². The minimum absolute atomic E-state index is 0.162. The Morgan fingerprint density at radius 1 is 1.10 bits per heavy atom. The van der Waals surface area contributed by atoms with Crippen LogP contribution in [0, 0.1) is 0 Å². The van der Waals surface area contributed by atoms with Gasteiger partial charge in [-0.2, -0.15) is 0 Å². The van der Waals surface area contributed by atoms with Crippen LogP contribution in [-0.4, -0.2) is 74.2 Å². The van der Waals surface area contributed by atoms with Gasteiger partial charge >= 0.3 is 0 Å². The van der Waals surface area contributed by atoms with E-state index in [4.69, 9.17) is 14.1 Å². The van der Waals surface area contributed by atoms with Gasteiger partial charge in [-0.1, -0.05) is 0 Å². The molecule has 7 heteroatoms. The molecule has 170 valence electrons. The van der Waals surface area contributed by atoms with Gasteiger partial charge in [0, 0.05) is 50.9 Å². The van der Waals surface area contributed by atoms with Crippen LogP contribution in [-0.2, 0) is 6.42 Å². The number of piperazine rings is 1. The van der Waals surface area contributed by atoms with Crippen molar-refractivity contribution in [2.24, 2.45) is 4.99 Å². The molecule has 0 aliphatic carbocycles. The zero-order valence-electron chi connectivity index (χ0n) is 19.3. The summed E-state index contributed by atoms with van der Waals surface area (Å²) in [6.45, 7) is 12.2. The van der Waals surface area contributed by atoms with Crippen molar-refractivity contribution in [2.45, 2.75) is 39.3 Å². The van der Waals surface area contributed by atoms with E-state index in [1.165, 1.54) is 0 Å². The van der Waals surface area contributed by atoms with Crippen LogP contribution >= 0.6 is 0 Å². The Hall–Kier alpha value is -2.51. The molecule has 3 rings (SSSR count). The molecule has 7 nitrogen and oxygen atoms in total. The molecule has 1 aromatic carbocycles. The lowest BCUT2D eigenvalue weighted by molar-refractivity contribution is 0.122. The van der Waals surface area contributed by atoms with E-state index in [-0.39, 0.29) is 6.10 Å². The van der Waals surface area contributed by atoms with Crippen LogP contribution < -0.4 is 15.4 Å². The molecule has 1 saturated heterocycles.